The summed E-state index contributed by atoms with van der Waals surface area (Å²) in [6.07, 6.45) is 8.15. The molecule has 3 heteroatoms. The molecule has 0 spiro atoms. The van der Waals surface area contributed by atoms with Crippen LogP contribution in [0.15, 0.2) is 17.5 Å². The fourth-order valence-corrected chi connectivity index (χ4v) is 3.86. The van der Waals surface area contributed by atoms with Crippen LogP contribution in [0.4, 0.5) is 0 Å². The molecule has 1 aromatic rings. The molecule has 18 heavy (non-hydrogen) atoms. The van der Waals surface area contributed by atoms with Crippen molar-refractivity contribution in [2.24, 2.45) is 11.7 Å². The molecule has 0 bridgehead atoms. The van der Waals surface area contributed by atoms with E-state index in [-0.39, 0.29) is 0 Å². The molecule has 2 rings (SSSR count). The Bertz CT molecular complexity index is 317. The maximum Gasteiger partial charge on any atom is 0.0243 e. The molecule has 1 aromatic heterocycles. The van der Waals surface area contributed by atoms with E-state index in [0.717, 1.165) is 25.4 Å². The van der Waals surface area contributed by atoms with Crippen LogP contribution in [0.1, 0.15) is 37.0 Å². The molecule has 2 nitrogen and oxygen atoms in total. The normalized spacial score (nSPS) is 19.3. The van der Waals surface area contributed by atoms with Gasteiger partial charge in [-0.05, 0) is 43.7 Å². The second-order valence-corrected chi connectivity index (χ2v) is 6.54. The van der Waals surface area contributed by atoms with Crippen molar-refractivity contribution in [1.29, 1.82) is 0 Å². The highest BCUT2D eigenvalue weighted by Crippen LogP contribution is 2.28. The lowest BCUT2D eigenvalue weighted by molar-refractivity contribution is 0.150. The minimum atomic E-state index is 0.588. The molecule has 1 aliphatic carbocycles. The predicted molar refractivity (Wildman–Crippen MR) is 80.1 cm³/mol. The second kappa shape index (κ2) is 7.27. The first-order valence-corrected chi connectivity index (χ1v) is 8.12. The van der Waals surface area contributed by atoms with E-state index in [0.29, 0.717) is 6.04 Å². The molecule has 0 radical (unpaired) electrons. The Labute approximate surface area is 115 Å². The van der Waals surface area contributed by atoms with Gasteiger partial charge < -0.3 is 10.6 Å². The van der Waals surface area contributed by atoms with E-state index in [1.165, 1.54) is 37.0 Å². The Morgan fingerprint density at radius 3 is 2.78 bits per heavy atom. The average molecular weight is 266 g/mol. The summed E-state index contributed by atoms with van der Waals surface area (Å²) >= 11 is 1.86. The van der Waals surface area contributed by atoms with Gasteiger partial charge >= 0.3 is 0 Å². The number of nitrogens with zero attached hydrogens (tertiary/aromatic N) is 1. The van der Waals surface area contributed by atoms with Crippen LogP contribution in [0.3, 0.4) is 0 Å². The first-order valence-electron chi connectivity index (χ1n) is 7.24. The first kappa shape index (κ1) is 14.0. The summed E-state index contributed by atoms with van der Waals surface area (Å²) in [4.78, 5) is 3.98. The molecular weight excluding hydrogens is 240 g/mol. The highest BCUT2D eigenvalue weighted by molar-refractivity contribution is 7.09. The molecule has 2 N–H and O–H groups in total. The van der Waals surface area contributed by atoms with Gasteiger partial charge in [-0.25, -0.2) is 0 Å². The van der Waals surface area contributed by atoms with E-state index < -0.39 is 0 Å². The number of hydrogen-bond acceptors (Lipinski definition) is 3. The van der Waals surface area contributed by atoms with Gasteiger partial charge in [0.25, 0.3) is 0 Å². The molecule has 0 aromatic carbocycles. The lowest BCUT2D eigenvalue weighted by Crippen LogP contribution is -2.44. The maximum atomic E-state index is 6.01. The van der Waals surface area contributed by atoms with Crippen molar-refractivity contribution in [3.05, 3.63) is 22.4 Å². The van der Waals surface area contributed by atoms with Crippen molar-refractivity contribution in [1.82, 2.24) is 4.90 Å². The molecule has 0 aliphatic heterocycles. The molecular formula is C15H26N2S. The summed E-state index contributed by atoms with van der Waals surface area (Å²) in [5.41, 5.74) is 6.01. The number of thiophene rings is 1. The van der Waals surface area contributed by atoms with Crippen LogP contribution in [0.2, 0.25) is 0 Å². The molecule has 1 saturated carbocycles. The maximum absolute atomic E-state index is 6.01. The van der Waals surface area contributed by atoms with Gasteiger partial charge in [-0.15, -0.1) is 11.3 Å². The second-order valence-electron chi connectivity index (χ2n) is 5.51. The van der Waals surface area contributed by atoms with E-state index >= 15 is 0 Å². The third-order valence-electron chi connectivity index (χ3n) is 4.29. The van der Waals surface area contributed by atoms with Crippen LogP contribution in [0, 0.1) is 5.92 Å². The lowest BCUT2D eigenvalue weighted by atomic mass is 9.83. The molecule has 1 unspecified atom stereocenters. The minimum absolute atomic E-state index is 0.588. The van der Waals surface area contributed by atoms with Crippen molar-refractivity contribution in [2.75, 3.05) is 20.1 Å². The smallest absolute Gasteiger partial charge is 0.0243 e. The van der Waals surface area contributed by atoms with E-state index in [9.17, 15) is 0 Å². The van der Waals surface area contributed by atoms with E-state index in [2.05, 4.69) is 29.5 Å². The standard InChI is InChI=1S/C15H26N2S/c1-17(10-9-14-8-5-11-18-14)15(12-16)13-6-3-2-4-7-13/h5,8,11,13,15H,2-4,6-7,9-10,12,16H2,1H3. The Kier molecular flexibility index (Phi) is 5.67. The quantitative estimate of drug-likeness (QED) is 0.857. The lowest BCUT2D eigenvalue weighted by Gasteiger charge is -2.36. The predicted octanol–water partition coefficient (Wildman–Crippen LogP) is 3.13. The number of nitrogens with two attached hydrogens (primary N) is 1. The van der Waals surface area contributed by atoms with Gasteiger partial charge in [-0.1, -0.05) is 25.3 Å². The van der Waals surface area contributed by atoms with Crippen LogP contribution < -0.4 is 5.73 Å². The summed E-state index contributed by atoms with van der Waals surface area (Å²) in [6.45, 7) is 1.95. The fraction of sp³-hybridized carbons (Fsp3) is 0.733. The van der Waals surface area contributed by atoms with Crippen molar-refractivity contribution in [2.45, 2.75) is 44.6 Å². The summed E-state index contributed by atoms with van der Waals surface area (Å²) in [5, 5.41) is 2.16. The highest BCUT2D eigenvalue weighted by Gasteiger charge is 2.25. The molecule has 1 fully saturated rings. The Hall–Kier alpha value is -0.380. The molecule has 1 heterocycles. The zero-order chi connectivity index (χ0) is 12.8. The Morgan fingerprint density at radius 2 is 2.17 bits per heavy atom. The van der Waals surface area contributed by atoms with Crippen molar-refractivity contribution >= 4 is 11.3 Å². The number of rotatable bonds is 6. The number of hydrogen-bond donors (Lipinski definition) is 1. The van der Waals surface area contributed by atoms with E-state index in [1.54, 1.807) is 0 Å². The van der Waals surface area contributed by atoms with E-state index in [4.69, 9.17) is 5.73 Å². The molecule has 0 amide bonds. The third-order valence-corrected chi connectivity index (χ3v) is 5.23. The monoisotopic (exact) mass is 266 g/mol. The van der Waals surface area contributed by atoms with E-state index in [1.807, 2.05) is 11.3 Å². The molecule has 102 valence electrons. The summed E-state index contributed by atoms with van der Waals surface area (Å²) in [6, 6.07) is 4.96. The average Bonchev–Trinajstić information content (AvgIpc) is 2.92. The summed E-state index contributed by atoms with van der Waals surface area (Å²) in [5.74, 6) is 0.831. The SMILES string of the molecule is CN(CCc1cccs1)C(CN)C1CCCCC1. The topological polar surface area (TPSA) is 29.3 Å². The summed E-state index contributed by atoms with van der Waals surface area (Å²) in [7, 11) is 2.25. The zero-order valence-electron chi connectivity index (χ0n) is 11.5. The van der Waals surface area contributed by atoms with Gasteiger partial charge in [0.1, 0.15) is 0 Å². The zero-order valence-corrected chi connectivity index (χ0v) is 12.3. The van der Waals surface area contributed by atoms with Gasteiger partial charge in [0.2, 0.25) is 0 Å². The Morgan fingerprint density at radius 1 is 1.39 bits per heavy atom. The van der Waals surface area contributed by atoms with Gasteiger partial charge in [0, 0.05) is 24.0 Å². The largest absolute Gasteiger partial charge is 0.329 e. The van der Waals surface area contributed by atoms with Crippen LogP contribution in [-0.2, 0) is 6.42 Å². The van der Waals surface area contributed by atoms with Crippen molar-refractivity contribution < 1.29 is 0 Å². The van der Waals surface area contributed by atoms with Gasteiger partial charge in [0.15, 0.2) is 0 Å². The molecule has 1 aliphatic rings. The Balaban J connectivity index is 1.82. The molecule has 1 atom stereocenters. The van der Waals surface area contributed by atoms with Crippen LogP contribution >= 0.6 is 11.3 Å². The first-order chi connectivity index (χ1) is 8.81. The van der Waals surface area contributed by atoms with Crippen LogP contribution in [-0.4, -0.2) is 31.1 Å². The fourth-order valence-electron chi connectivity index (χ4n) is 3.16. The van der Waals surface area contributed by atoms with Crippen molar-refractivity contribution in [3.8, 4) is 0 Å². The van der Waals surface area contributed by atoms with Gasteiger partial charge in [-0.2, -0.15) is 0 Å². The summed E-state index contributed by atoms with van der Waals surface area (Å²) < 4.78 is 0. The third kappa shape index (κ3) is 3.81. The molecule has 0 saturated heterocycles. The number of likely N-dealkylation sites (N-methyl/N-ethyl adjacent to an activating group) is 1. The van der Waals surface area contributed by atoms with Crippen LogP contribution in [0.25, 0.3) is 0 Å². The van der Waals surface area contributed by atoms with Crippen LogP contribution in [0.5, 0.6) is 0 Å². The van der Waals surface area contributed by atoms with Gasteiger partial charge in [0.05, 0.1) is 0 Å². The van der Waals surface area contributed by atoms with Crippen molar-refractivity contribution in [3.63, 3.8) is 0 Å². The minimum Gasteiger partial charge on any atom is -0.329 e. The van der Waals surface area contributed by atoms with Gasteiger partial charge in [-0.3, -0.25) is 0 Å². The highest BCUT2D eigenvalue weighted by atomic mass is 32.1.